The maximum absolute atomic E-state index is 14.0. The number of carboxylic acid groups (broad SMARTS) is 1. The van der Waals surface area contributed by atoms with Gasteiger partial charge >= 0.3 is 5.97 Å². The van der Waals surface area contributed by atoms with Gasteiger partial charge in [0.05, 0.1) is 40.0 Å². The lowest BCUT2D eigenvalue weighted by Crippen LogP contribution is -2.27. The monoisotopic (exact) mass is 1090 g/mol. The van der Waals surface area contributed by atoms with Crippen LogP contribution in [-0.2, 0) is 36.5 Å². The highest BCUT2D eigenvalue weighted by Gasteiger charge is 2.31. The number of allylic oxidation sites excluding steroid dienone is 4. The number of carbonyl (C=O) groups is 4. The SMILES string of the molecule is C.C.COCOc1cc2c(cc1OCOC)C(=O)C(c1coc3cc(C)c(C)c(C(=O)OCC[Si](C)(C)C)c3c1=O)=CC2.COCOc1cc2c(cc1OCOC)C(=O)C(c1coc3cc(C)c(C)c(C(=O)[O-])c3c1=O)=CC2. The van der Waals surface area contributed by atoms with Crippen LogP contribution in [0.15, 0.2) is 79.5 Å². The van der Waals surface area contributed by atoms with Crippen molar-refractivity contribution in [2.45, 2.75) is 81.1 Å². The van der Waals surface area contributed by atoms with Crippen LogP contribution in [0.2, 0.25) is 25.7 Å². The average molecular weight is 1090 g/mol. The third-order valence-corrected chi connectivity index (χ3v) is 14.6. The van der Waals surface area contributed by atoms with Gasteiger partial charge in [0.2, 0.25) is 10.9 Å². The molecule has 2 aromatic heterocycles. The molecule has 6 aromatic rings. The van der Waals surface area contributed by atoms with Crippen molar-refractivity contribution in [3.8, 4) is 23.0 Å². The molecule has 0 radical (unpaired) electrons. The first kappa shape index (κ1) is 61.2. The van der Waals surface area contributed by atoms with Gasteiger partial charge in [-0.15, -0.1) is 0 Å². The van der Waals surface area contributed by atoms with Crippen LogP contribution in [0.1, 0.15) is 101 Å². The number of hydrogen-bond donors (Lipinski definition) is 0. The number of hydrogen-bond acceptors (Lipinski definition) is 18. The molecule has 18 nitrogen and oxygen atoms in total. The summed E-state index contributed by atoms with van der Waals surface area (Å²) in [5, 5.41) is 11.8. The molecule has 4 aromatic carbocycles. The highest BCUT2D eigenvalue weighted by Crippen LogP contribution is 2.39. The first-order valence-electron chi connectivity index (χ1n) is 24.1. The molecule has 0 aliphatic heterocycles. The van der Waals surface area contributed by atoms with E-state index in [-0.39, 0.29) is 116 Å². The third-order valence-electron chi connectivity index (χ3n) is 12.9. The summed E-state index contributed by atoms with van der Waals surface area (Å²) >= 11 is 0. The summed E-state index contributed by atoms with van der Waals surface area (Å²) in [6.45, 7) is 13.7. The Morgan fingerprint density at radius 3 is 1.29 bits per heavy atom. The quantitative estimate of drug-likeness (QED) is 0.0417. The Labute approximate surface area is 453 Å². The van der Waals surface area contributed by atoms with Gasteiger partial charge in [-0.1, -0.05) is 46.6 Å². The molecule has 0 atom stereocenters. The summed E-state index contributed by atoms with van der Waals surface area (Å²) in [7, 11) is 4.49. The number of carboxylic acids is 1. The molecular weight excluding hydrogens is 1020 g/mol. The molecule has 0 saturated heterocycles. The van der Waals surface area contributed by atoms with Gasteiger partial charge in [-0.25, -0.2) is 4.79 Å². The summed E-state index contributed by atoms with van der Waals surface area (Å²) in [5.74, 6) is -1.51. The third kappa shape index (κ3) is 12.8. The minimum Gasteiger partial charge on any atom is -0.545 e. The van der Waals surface area contributed by atoms with E-state index < -0.39 is 36.7 Å². The average Bonchev–Trinajstić information content (AvgIpc) is 3.49. The van der Waals surface area contributed by atoms with Crippen LogP contribution in [0, 0.1) is 27.7 Å². The van der Waals surface area contributed by atoms with Crippen LogP contribution >= 0.6 is 0 Å². The fraction of sp³-hybridized carbons (Fsp3) is 0.356. The van der Waals surface area contributed by atoms with Crippen LogP contribution in [0.25, 0.3) is 33.1 Å². The standard InChI is InChI=1S/C31H36O9Si.C26H24O9.2CH4/c1-18-12-26-28(27(19(18)2)31(34)37-10-11-41(5,6)7)30(33)23(15-38-26)21-9-8-20-13-24(39-16-35-3)25(40-17-36-4)14-22(20)29(21)32;1-13-7-21-23(22(14(13)2)26(29)30)25(28)18(10-33-21)16-6-5-15-8-19(34-11-31-3)20(35-12-32-4)9-17(15)24(16)27;;/h9,12-15H,8,10-11,16-17H2,1-7H3;6-10H,5,11-12H2,1-4H3,(H,29,30);2*1H4/p-1. The normalized spacial score (nSPS) is 12.7. The van der Waals surface area contributed by atoms with Gasteiger partial charge < -0.3 is 61.4 Å². The molecule has 2 aliphatic carbocycles. The maximum atomic E-state index is 14.0. The van der Waals surface area contributed by atoms with Crippen molar-refractivity contribution in [2.24, 2.45) is 0 Å². The van der Waals surface area contributed by atoms with Gasteiger partial charge in [-0.05, 0) is 116 Å². The summed E-state index contributed by atoms with van der Waals surface area (Å²) < 4.78 is 59.4. The van der Waals surface area contributed by atoms with Crippen LogP contribution in [0.5, 0.6) is 23.0 Å². The fourth-order valence-electron chi connectivity index (χ4n) is 8.70. The summed E-state index contributed by atoms with van der Waals surface area (Å²) in [6.07, 6.45) is 6.45. The number of esters is 1. The Bertz CT molecular complexity index is 3460. The van der Waals surface area contributed by atoms with Gasteiger partial charge in [0.1, 0.15) is 23.7 Å². The number of ketones is 2. The van der Waals surface area contributed by atoms with E-state index >= 15 is 0 Å². The molecule has 78 heavy (non-hydrogen) atoms. The van der Waals surface area contributed by atoms with Crippen molar-refractivity contribution in [2.75, 3.05) is 62.2 Å². The number of Topliss-reactive ketones (excluding diaryl/α,β-unsaturated/α-hetero) is 2. The van der Waals surface area contributed by atoms with Crippen molar-refractivity contribution in [3.05, 3.63) is 148 Å². The molecular formula is C59H67O18Si-. The number of benzene rings is 4. The molecule has 0 bridgehead atoms. The number of carbonyl (C=O) groups excluding carboxylic acids is 4. The van der Waals surface area contributed by atoms with E-state index in [1.165, 1.54) is 47.0 Å². The van der Waals surface area contributed by atoms with E-state index in [0.717, 1.165) is 11.6 Å². The zero-order chi connectivity index (χ0) is 55.2. The van der Waals surface area contributed by atoms with Crippen molar-refractivity contribution in [1.82, 2.24) is 0 Å². The minimum atomic E-state index is -1.49. The minimum absolute atomic E-state index is 0. The van der Waals surface area contributed by atoms with E-state index in [4.69, 9.17) is 51.5 Å². The van der Waals surface area contributed by atoms with Gasteiger partial charge in [-0.3, -0.25) is 19.2 Å². The first-order chi connectivity index (χ1) is 36.2. The molecule has 8 rings (SSSR count). The van der Waals surface area contributed by atoms with E-state index in [1.807, 2.05) is 6.92 Å². The molecule has 0 saturated carbocycles. The van der Waals surface area contributed by atoms with Crippen LogP contribution in [0.3, 0.4) is 0 Å². The Morgan fingerprint density at radius 2 is 0.923 bits per heavy atom. The van der Waals surface area contributed by atoms with Gasteiger partial charge in [0.15, 0.2) is 61.7 Å². The van der Waals surface area contributed by atoms with E-state index in [1.54, 1.807) is 63.3 Å². The van der Waals surface area contributed by atoms with Crippen molar-refractivity contribution >= 4 is 64.7 Å². The number of rotatable bonds is 19. The van der Waals surface area contributed by atoms with Gasteiger partial charge in [-0.2, -0.15) is 0 Å². The Morgan fingerprint density at radius 1 is 0.551 bits per heavy atom. The second-order valence-corrected chi connectivity index (χ2v) is 24.9. The maximum Gasteiger partial charge on any atom is 0.339 e. The number of aryl methyl sites for hydroxylation is 2. The van der Waals surface area contributed by atoms with E-state index in [0.29, 0.717) is 69.0 Å². The molecule has 19 heteroatoms. The summed E-state index contributed by atoms with van der Waals surface area (Å²) in [5.41, 5.74) is 4.10. The number of aromatic carboxylic acids is 1. The molecule has 0 amide bonds. The van der Waals surface area contributed by atoms with Crippen molar-refractivity contribution < 1.29 is 75.8 Å². The molecule has 416 valence electrons. The topological polar surface area (TPSA) is 235 Å². The number of methoxy groups -OCH3 is 4. The van der Waals surface area contributed by atoms with Crippen molar-refractivity contribution in [3.63, 3.8) is 0 Å². The number of ether oxygens (including phenoxy) is 9. The zero-order valence-electron chi connectivity index (χ0n) is 44.3. The molecule has 0 spiro atoms. The summed E-state index contributed by atoms with van der Waals surface area (Å²) in [6, 6.07) is 10.6. The van der Waals surface area contributed by atoms with E-state index in [9.17, 15) is 33.9 Å². The zero-order valence-corrected chi connectivity index (χ0v) is 45.3. The highest BCUT2D eigenvalue weighted by molar-refractivity contribution is 6.76. The van der Waals surface area contributed by atoms with Gasteiger partial charge in [0, 0.05) is 64.3 Å². The lowest BCUT2D eigenvalue weighted by Gasteiger charge is -2.20. The second-order valence-electron chi connectivity index (χ2n) is 19.2. The molecule has 2 heterocycles. The van der Waals surface area contributed by atoms with Crippen molar-refractivity contribution in [1.29, 1.82) is 0 Å². The van der Waals surface area contributed by atoms with Crippen LogP contribution < -0.4 is 34.9 Å². The molecule has 2 aliphatic rings. The van der Waals surface area contributed by atoms with Crippen LogP contribution in [-0.4, -0.2) is 93.8 Å². The second kappa shape index (κ2) is 26.1. The first-order valence-corrected chi connectivity index (χ1v) is 27.8. The van der Waals surface area contributed by atoms with E-state index in [2.05, 4.69) is 19.6 Å². The predicted molar refractivity (Wildman–Crippen MR) is 295 cm³/mol. The fourth-order valence-corrected chi connectivity index (χ4v) is 9.42. The molecule has 0 fully saturated rings. The Hall–Kier alpha value is -7.68. The Balaban J connectivity index is 0.000000283. The molecule has 0 N–H and O–H groups in total. The largest absolute Gasteiger partial charge is 0.545 e. The lowest BCUT2D eigenvalue weighted by molar-refractivity contribution is -0.254. The Kier molecular flexibility index (Phi) is 20.5. The summed E-state index contributed by atoms with van der Waals surface area (Å²) in [4.78, 5) is 79.8. The number of fused-ring (bicyclic) bond motifs is 4. The smallest absolute Gasteiger partial charge is 0.339 e. The van der Waals surface area contributed by atoms with Gasteiger partial charge in [0.25, 0.3) is 0 Å². The predicted octanol–water partition coefficient (Wildman–Crippen LogP) is 9.53. The van der Waals surface area contributed by atoms with Crippen LogP contribution in [0.4, 0.5) is 0 Å². The lowest BCUT2D eigenvalue weighted by atomic mass is 9.86. The highest BCUT2D eigenvalue weighted by atomic mass is 28.3. The molecule has 0 unspecified atom stereocenters.